The Bertz CT molecular complexity index is 659. The van der Waals surface area contributed by atoms with Crippen molar-refractivity contribution >= 4 is 17.2 Å². The number of nitro groups is 2. The number of aromatic nitrogens is 1. The van der Waals surface area contributed by atoms with E-state index in [1.807, 2.05) is 0 Å². The second-order valence-corrected chi connectivity index (χ2v) is 3.91. The molecule has 1 heterocycles. The van der Waals surface area contributed by atoms with E-state index in [1.54, 1.807) is 12.1 Å². The van der Waals surface area contributed by atoms with Crippen LogP contribution in [0.15, 0.2) is 42.6 Å². The van der Waals surface area contributed by atoms with Gasteiger partial charge in [-0.15, -0.1) is 0 Å². The molecule has 1 N–H and O–H groups in total. The average Bonchev–Trinajstić information content (AvgIpc) is 2.45. The molecule has 0 spiro atoms. The number of hydrogen-bond acceptors (Lipinski definition) is 6. The van der Waals surface area contributed by atoms with E-state index in [0.717, 1.165) is 0 Å². The highest BCUT2D eigenvalue weighted by molar-refractivity contribution is 5.55. The van der Waals surface area contributed by atoms with Crippen molar-refractivity contribution in [3.05, 3.63) is 68.4 Å². The van der Waals surface area contributed by atoms with Gasteiger partial charge in [0.15, 0.2) is 0 Å². The first kappa shape index (κ1) is 13.4. The third-order valence-corrected chi connectivity index (χ3v) is 2.56. The van der Waals surface area contributed by atoms with Crippen LogP contribution in [0.1, 0.15) is 5.56 Å². The highest BCUT2D eigenvalue weighted by Gasteiger charge is 2.13. The van der Waals surface area contributed by atoms with Gasteiger partial charge in [-0.05, 0) is 11.6 Å². The first-order chi connectivity index (χ1) is 9.58. The van der Waals surface area contributed by atoms with Crippen LogP contribution in [0.4, 0.5) is 17.2 Å². The molecule has 0 aliphatic rings. The van der Waals surface area contributed by atoms with E-state index in [-0.39, 0.29) is 23.7 Å². The minimum Gasteiger partial charge on any atom is -0.360 e. The summed E-state index contributed by atoms with van der Waals surface area (Å²) in [4.78, 5) is 24.3. The van der Waals surface area contributed by atoms with E-state index in [2.05, 4.69) is 10.3 Å². The van der Waals surface area contributed by atoms with Crippen LogP contribution in [0.3, 0.4) is 0 Å². The molecule has 0 bridgehead atoms. The maximum Gasteiger partial charge on any atom is 0.311 e. The van der Waals surface area contributed by atoms with Crippen LogP contribution >= 0.6 is 0 Å². The number of nitrogens with zero attached hydrogens (tertiary/aromatic N) is 3. The largest absolute Gasteiger partial charge is 0.360 e. The highest BCUT2D eigenvalue weighted by atomic mass is 16.6. The molecule has 0 atom stereocenters. The van der Waals surface area contributed by atoms with Crippen molar-refractivity contribution in [2.24, 2.45) is 0 Å². The van der Waals surface area contributed by atoms with Crippen LogP contribution in [0.2, 0.25) is 0 Å². The molecule has 1 aromatic heterocycles. The normalized spacial score (nSPS) is 10.0. The second-order valence-electron chi connectivity index (χ2n) is 3.91. The molecule has 2 aromatic rings. The topological polar surface area (TPSA) is 111 Å². The summed E-state index contributed by atoms with van der Waals surface area (Å²) in [7, 11) is 0. The lowest BCUT2D eigenvalue weighted by Crippen LogP contribution is -2.04. The van der Waals surface area contributed by atoms with Crippen molar-refractivity contribution in [2.45, 2.75) is 6.54 Å². The molecule has 8 nitrogen and oxygen atoms in total. The Morgan fingerprint density at radius 3 is 2.60 bits per heavy atom. The number of pyridine rings is 1. The molecule has 0 aliphatic carbocycles. The Kier molecular flexibility index (Phi) is 3.85. The average molecular weight is 274 g/mol. The summed E-state index contributed by atoms with van der Waals surface area (Å²) in [6.07, 6.45) is 1.43. The number of rotatable bonds is 5. The Labute approximate surface area is 113 Å². The summed E-state index contributed by atoms with van der Waals surface area (Å²) in [5.41, 5.74) is 0.469. The Morgan fingerprint density at radius 1 is 1.10 bits per heavy atom. The van der Waals surface area contributed by atoms with E-state index in [4.69, 9.17) is 0 Å². The summed E-state index contributed by atoms with van der Waals surface area (Å²) < 4.78 is 0. The monoisotopic (exact) mass is 274 g/mol. The molecule has 0 aliphatic heterocycles. The molecular formula is C12H10N4O4. The van der Waals surface area contributed by atoms with Gasteiger partial charge in [0.05, 0.1) is 9.85 Å². The molecule has 0 saturated carbocycles. The SMILES string of the molecule is O=[N+]([O-])c1cccc(CNc2ncccc2[N+](=O)[O-])c1. The molecule has 2 rings (SSSR count). The zero-order valence-electron chi connectivity index (χ0n) is 10.2. The molecule has 102 valence electrons. The smallest absolute Gasteiger partial charge is 0.311 e. The minimum atomic E-state index is -0.539. The van der Waals surface area contributed by atoms with Crippen molar-refractivity contribution in [3.63, 3.8) is 0 Å². The quantitative estimate of drug-likeness (QED) is 0.662. The molecular weight excluding hydrogens is 264 g/mol. The molecule has 0 radical (unpaired) electrons. The summed E-state index contributed by atoms with van der Waals surface area (Å²) in [5.74, 6) is 0.129. The summed E-state index contributed by atoms with van der Waals surface area (Å²) >= 11 is 0. The second kappa shape index (κ2) is 5.74. The van der Waals surface area contributed by atoms with Crippen molar-refractivity contribution in [3.8, 4) is 0 Å². The zero-order chi connectivity index (χ0) is 14.5. The lowest BCUT2D eigenvalue weighted by Gasteiger charge is -2.05. The van der Waals surface area contributed by atoms with Gasteiger partial charge in [0, 0.05) is 30.9 Å². The molecule has 0 unspecified atom stereocenters. The standard InChI is InChI=1S/C12H10N4O4/c17-15(18)10-4-1-3-9(7-10)8-14-12-11(16(19)20)5-2-6-13-12/h1-7H,8H2,(H,13,14). The third kappa shape index (κ3) is 3.05. The van der Waals surface area contributed by atoms with Crippen LogP contribution in [0.5, 0.6) is 0 Å². The fourth-order valence-electron chi connectivity index (χ4n) is 1.65. The number of nitro benzene ring substituents is 1. The van der Waals surface area contributed by atoms with Gasteiger partial charge in [0.1, 0.15) is 0 Å². The van der Waals surface area contributed by atoms with Gasteiger partial charge in [0.25, 0.3) is 5.69 Å². The van der Waals surface area contributed by atoms with Gasteiger partial charge in [0.2, 0.25) is 5.82 Å². The van der Waals surface area contributed by atoms with Crippen LogP contribution in [-0.4, -0.2) is 14.8 Å². The Hall–Kier alpha value is -3.03. The first-order valence-corrected chi connectivity index (χ1v) is 5.64. The summed E-state index contributed by atoms with van der Waals surface area (Å²) in [5, 5.41) is 24.3. The summed E-state index contributed by atoms with van der Waals surface area (Å²) in [6, 6.07) is 8.84. The first-order valence-electron chi connectivity index (χ1n) is 5.64. The molecule has 0 fully saturated rings. The number of benzene rings is 1. The molecule has 20 heavy (non-hydrogen) atoms. The van der Waals surface area contributed by atoms with Crippen molar-refractivity contribution in [1.82, 2.24) is 4.98 Å². The van der Waals surface area contributed by atoms with Crippen molar-refractivity contribution in [2.75, 3.05) is 5.32 Å². The fraction of sp³-hybridized carbons (Fsp3) is 0.0833. The fourth-order valence-corrected chi connectivity index (χ4v) is 1.65. The maximum absolute atomic E-state index is 10.8. The van der Waals surface area contributed by atoms with E-state index >= 15 is 0 Å². The lowest BCUT2D eigenvalue weighted by atomic mass is 10.2. The van der Waals surface area contributed by atoms with E-state index in [9.17, 15) is 20.2 Å². The molecule has 8 heteroatoms. The Balaban J connectivity index is 2.15. The van der Waals surface area contributed by atoms with Gasteiger partial charge < -0.3 is 5.32 Å². The van der Waals surface area contributed by atoms with Gasteiger partial charge in [-0.1, -0.05) is 12.1 Å². The van der Waals surface area contributed by atoms with Crippen LogP contribution in [0.25, 0.3) is 0 Å². The zero-order valence-corrected chi connectivity index (χ0v) is 10.2. The van der Waals surface area contributed by atoms with Gasteiger partial charge in [-0.3, -0.25) is 20.2 Å². The van der Waals surface area contributed by atoms with Crippen LogP contribution in [0, 0.1) is 20.2 Å². The van der Waals surface area contributed by atoms with Crippen molar-refractivity contribution in [1.29, 1.82) is 0 Å². The van der Waals surface area contributed by atoms with E-state index in [1.165, 1.54) is 30.5 Å². The number of non-ortho nitro benzene ring substituents is 1. The van der Waals surface area contributed by atoms with Gasteiger partial charge >= 0.3 is 5.69 Å². The number of hydrogen-bond donors (Lipinski definition) is 1. The van der Waals surface area contributed by atoms with Crippen molar-refractivity contribution < 1.29 is 9.85 Å². The van der Waals surface area contributed by atoms with Crippen LogP contribution in [-0.2, 0) is 6.54 Å². The van der Waals surface area contributed by atoms with E-state index < -0.39 is 9.85 Å². The lowest BCUT2D eigenvalue weighted by molar-refractivity contribution is -0.384. The predicted octanol–water partition coefficient (Wildman–Crippen LogP) is 2.51. The Morgan fingerprint density at radius 2 is 1.90 bits per heavy atom. The van der Waals surface area contributed by atoms with Crippen LogP contribution < -0.4 is 5.32 Å². The molecule has 0 amide bonds. The molecule has 0 saturated heterocycles. The van der Waals surface area contributed by atoms with Gasteiger partial charge in [-0.25, -0.2) is 4.98 Å². The number of nitrogens with one attached hydrogen (secondary N) is 1. The third-order valence-electron chi connectivity index (χ3n) is 2.56. The maximum atomic E-state index is 10.8. The van der Waals surface area contributed by atoms with Gasteiger partial charge in [-0.2, -0.15) is 0 Å². The molecule has 1 aromatic carbocycles. The predicted molar refractivity (Wildman–Crippen MR) is 71.3 cm³/mol. The number of anilines is 1. The van der Waals surface area contributed by atoms with E-state index in [0.29, 0.717) is 5.56 Å². The highest BCUT2D eigenvalue weighted by Crippen LogP contribution is 2.21. The minimum absolute atomic E-state index is 0.0279. The summed E-state index contributed by atoms with van der Waals surface area (Å²) in [6.45, 7) is 0.208.